The summed E-state index contributed by atoms with van der Waals surface area (Å²) in [6.07, 6.45) is 0. The van der Waals surface area contributed by atoms with Crippen molar-refractivity contribution in [2.45, 2.75) is 40.0 Å². The van der Waals surface area contributed by atoms with E-state index in [4.69, 9.17) is 14.6 Å². The molecule has 41 heavy (non-hydrogen) atoms. The third kappa shape index (κ3) is 6.34. The molecule has 1 N–H and O–H groups in total. The molecule has 4 aromatic rings. The summed E-state index contributed by atoms with van der Waals surface area (Å²) in [5.74, 6) is -0.196. The Morgan fingerprint density at radius 3 is 2.44 bits per heavy atom. The average Bonchev–Trinajstić information content (AvgIpc) is 3.39. The predicted octanol–water partition coefficient (Wildman–Crippen LogP) is 5.47. The summed E-state index contributed by atoms with van der Waals surface area (Å²) < 4.78 is 13.3. The van der Waals surface area contributed by atoms with Crippen LogP contribution in [0, 0.1) is 13.8 Å². The number of carbonyl (C=O) groups is 2. The number of anilines is 1. The monoisotopic (exact) mass is 554 g/mol. The minimum atomic E-state index is -0.719. The Kier molecular flexibility index (Phi) is 8.24. The number of morpholine rings is 1. The van der Waals surface area contributed by atoms with Crippen LogP contribution in [0.3, 0.4) is 0 Å². The summed E-state index contributed by atoms with van der Waals surface area (Å²) in [6, 6.07) is 18.9. The molecule has 1 aromatic heterocycles. The molecular formula is C33H38N4O4. The molecule has 1 amide bonds. The molecule has 3 aromatic carbocycles. The SMILES string of the molecule is Cc1ccc(C)c(-n2nc(C(C)(C)C)cc2NC(=O)C(=O)c2ccc(OCCN3CCOCC3)c3ccccc23)c1. The lowest BCUT2D eigenvalue weighted by Gasteiger charge is -2.26. The minimum Gasteiger partial charge on any atom is -0.492 e. The zero-order valence-electron chi connectivity index (χ0n) is 24.5. The second-order valence-corrected chi connectivity index (χ2v) is 11.6. The third-order valence-corrected chi connectivity index (χ3v) is 7.42. The van der Waals surface area contributed by atoms with Crippen LogP contribution in [0.25, 0.3) is 16.5 Å². The maximum absolute atomic E-state index is 13.6. The number of amides is 1. The number of fused-ring (bicyclic) bond motifs is 1. The number of hydrogen-bond donors (Lipinski definition) is 1. The van der Waals surface area contributed by atoms with E-state index < -0.39 is 11.7 Å². The van der Waals surface area contributed by atoms with Gasteiger partial charge in [0.1, 0.15) is 18.2 Å². The van der Waals surface area contributed by atoms with E-state index in [1.807, 2.05) is 62.4 Å². The third-order valence-electron chi connectivity index (χ3n) is 7.42. The lowest BCUT2D eigenvalue weighted by Crippen LogP contribution is -2.38. The van der Waals surface area contributed by atoms with E-state index in [-0.39, 0.29) is 5.41 Å². The van der Waals surface area contributed by atoms with Crippen LogP contribution < -0.4 is 10.1 Å². The van der Waals surface area contributed by atoms with Crippen LogP contribution in [0.15, 0.2) is 60.7 Å². The van der Waals surface area contributed by atoms with Gasteiger partial charge in [-0.1, -0.05) is 57.2 Å². The number of ether oxygens (including phenoxy) is 2. The first-order valence-electron chi connectivity index (χ1n) is 14.1. The van der Waals surface area contributed by atoms with E-state index in [9.17, 15) is 9.59 Å². The Morgan fingerprint density at radius 2 is 1.71 bits per heavy atom. The lowest BCUT2D eigenvalue weighted by atomic mass is 9.92. The molecule has 1 fully saturated rings. The van der Waals surface area contributed by atoms with Gasteiger partial charge in [0.2, 0.25) is 0 Å². The number of Topliss-reactive ketones (excluding diaryl/α,β-unsaturated/α-hetero) is 1. The van der Waals surface area contributed by atoms with Gasteiger partial charge in [-0.05, 0) is 48.6 Å². The van der Waals surface area contributed by atoms with Gasteiger partial charge in [-0.25, -0.2) is 4.68 Å². The molecule has 0 atom stereocenters. The fraction of sp³-hybridized carbons (Fsp3) is 0.364. The number of benzene rings is 3. The van der Waals surface area contributed by atoms with Gasteiger partial charge in [0, 0.05) is 42.1 Å². The van der Waals surface area contributed by atoms with Gasteiger partial charge in [0.15, 0.2) is 0 Å². The van der Waals surface area contributed by atoms with Crippen molar-refractivity contribution >= 4 is 28.3 Å². The van der Waals surface area contributed by atoms with Crippen molar-refractivity contribution in [1.29, 1.82) is 0 Å². The van der Waals surface area contributed by atoms with Crippen molar-refractivity contribution in [3.05, 3.63) is 83.0 Å². The van der Waals surface area contributed by atoms with Crippen molar-refractivity contribution in [1.82, 2.24) is 14.7 Å². The minimum absolute atomic E-state index is 0.250. The predicted molar refractivity (Wildman–Crippen MR) is 161 cm³/mol. The number of carbonyl (C=O) groups excluding carboxylic acids is 2. The topological polar surface area (TPSA) is 85.7 Å². The van der Waals surface area contributed by atoms with Crippen molar-refractivity contribution in [2.75, 3.05) is 44.8 Å². The standard InChI is InChI=1S/C33H38N4O4/c1-22-10-11-23(2)27(20-22)37-30(21-29(35-37)33(3,4)5)34-32(39)31(38)26-12-13-28(25-9-7-6-8-24(25)26)41-19-16-36-14-17-40-18-15-36/h6-13,20-21H,14-19H2,1-5H3,(H,34,39). The second-order valence-electron chi connectivity index (χ2n) is 11.6. The smallest absolute Gasteiger partial charge is 0.297 e. The van der Waals surface area contributed by atoms with Crippen LogP contribution in [-0.4, -0.2) is 65.8 Å². The van der Waals surface area contributed by atoms with Crippen molar-refractivity contribution in [3.8, 4) is 11.4 Å². The Morgan fingerprint density at radius 1 is 0.976 bits per heavy atom. The molecule has 0 bridgehead atoms. The maximum Gasteiger partial charge on any atom is 0.297 e. The fourth-order valence-corrected chi connectivity index (χ4v) is 4.97. The van der Waals surface area contributed by atoms with Crippen molar-refractivity contribution in [2.24, 2.45) is 0 Å². The van der Waals surface area contributed by atoms with Crippen molar-refractivity contribution in [3.63, 3.8) is 0 Å². The van der Waals surface area contributed by atoms with Gasteiger partial charge < -0.3 is 14.8 Å². The van der Waals surface area contributed by atoms with E-state index in [2.05, 4.69) is 31.0 Å². The Balaban J connectivity index is 1.40. The molecule has 1 aliphatic heterocycles. The molecule has 5 rings (SSSR count). The lowest BCUT2D eigenvalue weighted by molar-refractivity contribution is -0.112. The normalized spacial score (nSPS) is 14.3. The van der Waals surface area contributed by atoms with Gasteiger partial charge in [-0.3, -0.25) is 14.5 Å². The molecule has 0 saturated carbocycles. The van der Waals surface area contributed by atoms with Crippen LogP contribution in [-0.2, 0) is 14.9 Å². The van der Waals surface area contributed by atoms with Gasteiger partial charge in [0.05, 0.1) is 24.6 Å². The van der Waals surface area contributed by atoms with Crippen LogP contribution >= 0.6 is 0 Å². The Bertz CT molecular complexity index is 1580. The van der Waals surface area contributed by atoms with E-state index in [1.165, 1.54) is 0 Å². The highest BCUT2D eigenvalue weighted by atomic mass is 16.5. The zero-order valence-corrected chi connectivity index (χ0v) is 24.5. The Labute approximate surface area is 241 Å². The first kappa shape index (κ1) is 28.5. The van der Waals surface area contributed by atoms with Crippen LogP contribution in [0.5, 0.6) is 5.75 Å². The molecular weight excluding hydrogens is 516 g/mol. The average molecular weight is 555 g/mol. The number of aryl methyl sites for hydroxylation is 2. The summed E-state index contributed by atoms with van der Waals surface area (Å²) in [4.78, 5) is 29.3. The Hall–Kier alpha value is -4.01. The van der Waals surface area contributed by atoms with E-state index in [0.29, 0.717) is 29.1 Å². The summed E-state index contributed by atoms with van der Waals surface area (Å²) in [5, 5.41) is 9.16. The van der Waals surface area contributed by atoms with E-state index >= 15 is 0 Å². The molecule has 0 spiro atoms. The number of hydrogen-bond acceptors (Lipinski definition) is 6. The summed E-state index contributed by atoms with van der Waals surface area (Å²) in [6.45, 7) is 14.8. The molecule has 8 nitrogen and oxygen atoms in total. The largest absolute Gasteiger partial charge is 0.492 e. The number of aromatic nitrogens is 2. The first-order valence-corrected chi connectivity index (χ1v) is 14.1. The highest BCUT2D eigenvalue weighted by Crippen LogP contribution is 2.31. The van der Waals surface area contributed by atoms with Gasteiger partial charge in [-0.2, -0.15) is 5.10 Å². The fourth-order valence-electron chi connectivity index (χ4n) is 4.97. The number of ketones is 1. The molecule has 0 aliphatic carbocycles. The first-order chi connectivity index (χ1) is 19.6. The van der Waals surface area contributed by atoms with Gasteiger partial charge >= 0.3 is 0 Å². The van der Waals surface area contributed by atoms with Crippen LogP contribution in [0.1, 0.15) is 48.0 Å². The molecule has 8 heteroatoms. The molecule has 1 saturated heterocycles. The van der Waals surface area contributed by atoms with Gasteiger partial charge in [-0.15, -0.1) is 0 Å². The summed E-state index contributed by atoms with van der Waals surface area (Å²) >= 11 is 0. The van der Waals surface area contributed by atoms with Crippen LogP contribution in [0.4, 0.5) is 5.82 Å². The molecule has 0 unspecified atom stereocenters. The van der Waals surface area contributed by atoms with Crippen LogP contribution in [0.2, 0.25) is 0 Å². The number of nitrogens with zero attached hydrogens (tertiary/aromatic N) is 3. The summed E-state index contributed by atoms with van der Waals surface area (Å²) in [7, 11) is 0. The highest BCUT2D eigenvalue weighted by molar-refractivity contribution is 6.48. The maximum atomic E-state index is 13.6. The van der Waals surface area contributed by atoms with Crippen molar-refractivity contribution < 1.29 is 19.1 Å². The molecule has 2 heterocycles. The molecule has 214 valence electrons. The molecule has 0 radical (unpaired) electrons. The van der Waals surface area contributed by atoms with E-state index in [1.54, 1.807) is 16.8 Å². The highest BCUT2D eigenvalue weighted by Gasteiger charge is 2.25. The van der Waals surface area contributed by atoms with Gasteiger partial charge in [0.25, 0.3) is 11.7 Å². The quantitative estimate of drug-likeness (QED) is 0.230. The zero-order chi connectivity index (χ0) is 29.1. The number of rotatable bonds is 8. The number of nitrogens with one attached hydrogen (secondary N) is 1. The van der Waals surface area contributed by atoms with E-state index in [0.717, 1.165) is 60.7 Å². The summed E-state index contributed by atoms with van der Waals surface area (Å²) in [5.41, 5.74) is 3.83. The second kappa shape index (κ2) is 11.8. The molecule has 1 aliphatic rings.